The topological polar surface area (TPSA) is 0 Å². The first kappa shape index (κ1) is 8.10. The number of fused-ring (bicyclic) bond motifs is 2. The highest BCUT2D eigenvalue weighted by molar-refractivity contribution is 4.82. The molecule has 0 aromatic rings. The lowest BCUT2D eigenvalue weighted by molar-refractivity contribution is 0.480. The van der Waals surface area contributed by atoms with Crippen molar-refractivity contribution in [2.24, 2.45) is 11.8 Å². The molecule has 0 nitrogen and oxygen atoms in total. The van der Waals surface area contributed by atoms with Gasteiger partial charge in [0.2, 0.25) is 0 Å². The van der Waals surface area contributed by atoms with E-state index in [1.165, 1.54) is 18.3 Å². The van der Waals surface area contributed by atoms with Crippen molar-refractivity contribution in [3.8, 4) is 0 Å². The summed E-state index contributed by atoms with van der Waals surface area (Å²) in [5.41, 5.74) is 0. The van der Waals surface area contributed by atoms with Gasteiger partial charge in [0.25, 0.3) is 0 Å². The zero-order valence-corrected chi connectivity index (χ0v) is 7.40. The second kappa shape index (κ2) is 4.00. The van der Waals surface area contributed by atoms with Crippen molar-refractivity contribution in [3.05, 3.63) is 0 Å². The van der Waals surface area contributed by atoms with Crippen molar-refractivity contribution in [2.75, 3.05) is 0 Å². The second-order valence-corrected chi connectivity index (χ2v) is 3.83. The molecule has 2 rings (SSSR count). The van der Waals surface area contributed by atoms with Crippen LogP contribution >= 0.6 is 0 Å². The monoisotopic (exact) mass is 140 g/mol. The average Bonchev–Trinajstić information content (AvgIpc) is 2.49. The Morgan fingerprint density at radius 1 is 0.900 bits per heavy atom. The van der Waals surface area contributed by atoms with E-state index in [-0.39, 0.29) is 0 Å². The first-order valence-corrected chi connectivity index (χ1v) is 4.86. The Labute approximate surface area is 65.0 Å². The molecule has 0 heterocycles. The fraction of sp³-hybridized carbons (Fsp3) is 1.00. The predicted octanol–water partition coefficient (Wildman–Crippen LogP) is 3.61. The Hall–Kier alpha value is 0. The molecular weight excluding hydrogens is 120 g/mol. The second-order valence-electron chi connectivity index (χ2n) is 3.83. The van der Waals surface area contributed by atoms with Crippen LogP contribution in [0.3, 0.4) is 0 Å². The standard InChI is InChI=1S/C7H12.C3H8/c1-2-7-4-3-6(1)5-7;1-3-2/h6-7H,1-5H2;3H2,1-2H3. The van der Waals surface area contributed by atoms with E-state index in [1.807, 2.05) is 0 Å². The van der Waals surface area contributed by atoms with Gasteiger partial charge in [0.1, 0.15) is 0 Å². The molecule has 0 spiro atoms. The number of hydrogen-bond donors (Lipinski definition) is 0. The van der Waals surface area contributed by atoms with Crippen LogP contribution in [0.25, 0.3) is 0 Å². The van der Waals surface area contributed by atoms with E-state index in [2.05, 4.69) is 13.8 Å². The summed E-state index contributed by atoms with van der Waals surface area (Å²) in [6.45, 7) is 4.25. The van der Waals surface area contributed by atoms with E-state index in [0.29, 0.717) is 0 Å². The number of rotatable bonds is 0. The van der Waals surface area contributed by atoms with Gasteiger partial charge in [-0.3, -0.25) is 0 Å². The molecule has 2 saturated carbocycles. The zero-order valence-electron chi connectivity index (χ0n) is 7.40. The van der Waals surface area contributed by atoms with E-state index >= 15 is 0 Å². The van der Waals surface area contributed by atoms with Crippen molar-refractivity contribution < 1.29 is 0 Å². The lowest BCUT2D eigenvalue weighted by Gasteiger charge is -2.05. The summed E-state index contributed by atoms with van der Waals surface area (Å²) in [4.78, 5) is 0. The molecule has 0 N–H and O–H groups in total. The average molecular weight is 140 g/mol. The molecule has 0 unspecified atom stereocenters. The maximum Gasteiger partial charge on any atom is -0.0411 e. The van der Waals surface area contributed by atoms with Gasteiger partial charge in [-0.15, -0.1) is 0 Å². The van der Waals surface area contributed by atoms with Gasteiger partial charge in [-0.1, -0.05) is 46.0 Å². The van der Waals surface area contributed by atoms with Gasteiger partial charge in [-0.25, -0.2) is 0 Å². The van der Waals surface area contributed by atoms with Gasteiger partial charge in [0.05, 0.1) is 0 Å². The van der Waals surface area contributed by atoms with Gasteiger partial charge in [0.15, 0.2) is 0 Å². The van der Waals surface area contributed by atoms with Crippen LogP contribution in [-0.2, 0) is 0 Å². The van der Waals surface area contributed by atoms with Crippen LogP contribution in [0.15, 0.2) is 0 Å². The Morgan fingerprint density at radius 2 is 1.20 bits per heavy atom. The smallest absolute Gasteiger partial charge is 0.0411 e. The Balaban J connectivity index is 0.000000148. The van der Waals surface area contributed by atoms with Crippen LogP contribution in [0, 0.1) is 11.8 Å². The summed E-state index contributed by atoms with van der Waals surface area (Å²) in [5, 5.41) is 0. The van der Waals surface area contributed by atoms with Crippen LogP contribution in [0.2, 0.25) is 0 Å². The molecule has 10 heavy (non-hydrogen) atoms. The lowest BCUT2D eigenvalue weighted by Crippen LogP contribution is -1.90. The van der Waals surface area contributed by atoms with Crippen LogP contribution in [0.4, 0.5) is 0 Å². The third kappa shape index (κ3) is 2.00. The molecule has 0 amide bonds. The molecule has 0 radical (unpaired) electrons. The van der Waals surface area contributed by atoms with Crippen LogP contribution in [0.1, 0.15) is 52.4 Å². The highest BCUT2D eigenvalue weighted by atomic mass is 14.4. The molecule has 0 aliphatic heterocycles. The van der Waals surface area contributed by atoms with E-state index in [1.54, 1.807) is 32.1 Å². The van der Waals surface area contributed by atoms with Crippen LogP contribution < -0.4 is 0 Å². The SMILES string of the molecule is C1CC2CCC1C2.CCC. The van der Waals surface area contributed by atoms with Gasteiger partial charge in [-0.05, 0) is 18.3 Å². The highest BCUT2D eigenvalue weighted by Gasteiger charge is 2.30. The minimum absolute atomic E-state index is 1.17. The fourth-order valence-electron chi connectivity index (χ4n) is 2.17. The third-order valence-corrected chi connectivity index (χ3v) is 2.63. The molecule has 0 atom stereocenters. The van der Waals surface area contributed by atoms with Crippen molar-refractivity contribution in [2.45, 2.75) is 52.4 Å². The summed E-state index contributed by atoms with van der Waals surface area (Å²) in [6, 6.07) is 0. The predicted molar refractivity (Wildman–Crippen MR) is 46.0 cm³/mol. The fourth-order valence-corrected chi connectivity index (χ4v) is 2.17. The lowest BCUT2D eigenvalue weighted by atomic mass is 10.0. The first-order chi connectivity index (χ1) is 4.86. The van der Waals surface area contributed by atoms with Gasteiger partial charge < -0.3 is 0 Å². The van der Waals surface area contributed by atoms with Crippen molar-refractivity contribution in [1.29, 1.82) is 0 Å². The maximum atomic E-state index is 2.12. The van der Waals surface area contributed by atoms with E-state index in [0.717, 1.165) is 0 Å². The van der Waals surface area contributed by atoms with E-state index < -0.39 is 0 Å². The molecule has 2 bridgehead atoms. The quantitative estimate of drug-likeness (QED) is 0.482. The molecule has 2 fully saturated rings. The normalized spacial score (nSPS) is 35.4. The minimum atomic E-state index is 1.17. The molecular formula is C10H20. The van der Waals surface area contributed by atoms with E-state index in [4.69, 9.17) is 0 Å². The Bertz CT molecular complexity index is 68.0. The summed E-state index contributed by atoms with van der Waals surface area (Å²) in [7, 11) is 0. The van der Waals surface area contributed by atoms with Gasteiger partial charge in [0, 0.05) is 0 Å². The maximum absolute atomic E-state index is 2.12. The molecule has 60 valence electrons. The van der Waals surface area contributed by atoms with Crippen LogP contribution in [-0.4, -0.2) is 0 Å². The molecule has 0 saturated heterocycles. The third-order valence-electron chi connectivity index (χ3n) is 2.63. The zero-order chi connectivity index (χ0) is 7.40. The Kier molecular flexibility index (Phi) is 3.24. The van der Waals surface area contributed by atoms with Crippen molar-refractivity contribution in [3.63, 3.8) is 0 Å². The highest BCUT2D eigenvalue weighted by Crippen LogP contribution is 2.43. The summed E-state index contributed by atoms with van der Waals surface area (Å²) in [5.74, 6) is 2.34. The minimum Gasteiger partial charge on any atom is -0.0656 e. The van der Waals surface area contributed by atoms with E-state index in [9.17, 15) is 0 Å². The molecule has 2 aliphatic carbocycles. The molecule has 0 aromatic carbocycles. The van der Waals surface area contributed by atoms with Crippen LogP contribution in [0.5, 0.6) is 0 Å². The molecule has 0 aromatic heterocycles. The van der Waals surface area contributed by atoms with Crippen molar-refractivity contribution in [1.82, 2.24) is 0 Å². The number of hydrogen-bond acceptors (Lipinski definition) is 0. The molecule has 0 heteroatoms. The van der Waals surface area contributed by atoms with Crippen molar-refractivity contribution >= 4 is 0 Å². The Morgan fingerprint density at radius 3 is 1.30 bits per heavy atom. The molecule has 2 aliphatic rings. The largest absolute Gasteiger partial charge is 0.0656 e. The van der Waals surface area contributed by atoms with Gasteiger partial charge >= 0.3 is 0 Å². The summed E-state index contributed by atoms with van der Waals surface area (Å²) < 4.78 is 0. The van der Waals surface area contributed by atoms with Gasteiger partial charge in [-0.2, -0.15) is 0 Å². The summed E-state index contributed by atoms with van der Waals surface area (Å²) >= 11 is 0. The summed E-state index contributed by atoms with van der Waals surface area (Å²) in [6.07, 6.45) is 9.07. The first-order valence-electron chi connectivity index (χ1n) is 4.86.